The molecule has 2 heterocycles. The van der Waals surface area contributed by atoms with E-state index in [0.29, 0.717) is 5.56 Å². The Morgan fingerprint density at radius 1 is 1.18 bits per heavy atom. The van der Waals surface area contributed by atoms with Gasteiger partial charge in [0.05, 0.1) is 11.8 Å². The molecule has 3 aromatic rings. The van der Waals surface area contributed by atoms with E-state index < -0.39 is 5.56 Å². The maximum atomic E-state index is 12.8. The van der Waals surface area contributed by atoms with Gasteiger partial charge in [-0.1, -0.05) is 42.1 Å². The number of nitrogens with zero attached hydrogens (tertiary/aromatic N) is 4. The maximum Gasteiger partial charge on any atom is 0.294 e. The van der Waals surface area contributed by atoms with Crippen LogP contribution in [-0.2, 0) is 0 Å². The highest BCUT2D eigenvalue weighted by Gasteiger charge is 2.20. The summed E-state index contributed by atoms with van der Waals surface area (Å²) in [6.07, 6.45) is 0. The Balaban J connectivity index is 1.82. The highest BCUT2D eigenvalue weighted by molar-refractivity contribution is 7.99. The second kappa shape index (κ2) is 8.02. The lowest BCUT2D eigenvalue weighted by Gasteiger charge is -2.19. The first-order valence-electron chi connectivity index (χ1n) is 8.92. The molecule has 146 valence electrons. The van der Waals surface area contributed by atoms with Crippen LogP contribution < -0.4 is 11.4 Å². The predicted octanol–water partition coefficient (Wildman–Crippen LogP) is 2.66. The monoisotopic (exact) mass is 397 g/mol. The summed E-state index contributed by atoms with van der Waals surface area (Å²) in [7, 11) is 0. The van der Waals surface area contributed by atoms with Gasteiger partial charge in [-0.25, -0.2) is 0 Å². The molecule has 28 heavy (non-hydrogen) atoms. The van der Waals surface area contributed by atoms with Gasteiger partial charge in [0.25, 0.3) is 5.56 Å². The Morgan fingerprint density at radius 2 is 1.86 bits per heavy atom. The number of aromatic nitrogens is 4. The molecule has 0 saturated heterocycles. The van der Waals surface area contributed by atoms with Crippen molar-refractivity contribution < 1.29 is 4.79 Å². The molecule has 1 aromatic carbocycles. The summed E-state index contributed by atoms with van der Waals surface area (Å²) in [4.78, 5) is 24.7. The van der Waals surface area contributed by atoms with Crippen LogP contribution in [0.2, 0.25) is 0 Å². The zero-order valence-electron chi connectivity index (χ0n) is 16.3. The van der Waals surface area contributed by atoms with E-state index in [1.807, 2.05) is 38.1 Å². The van der Waals surface area contributed by atoms with Crippen LogP contribution in [0, 0.1) is 20.8 Å². The molecule has 0 fully saturated rings. The van der Waals surface area contributed by atoms with Gasteiger partial charge in [0.2, 0.25) is 5.16 Å². The fourth-order valence-electron chi connectivity index (χ4n) is 3.31. The molecule has 1 atom stereocenters. The molecule has 0 aliphatic carbocycles. The molecule has 2 aromatic heterocycles. The Hall–Kier alpha value is -2.87. The van der Waals surface area contributed by atoms with Crippen LogP contribution in [0.15, 0.2) is 46.3 Å². The molecule has 0 bridgehead atoms. The molecule has 8 heteroatoms. The van der Waals surface area contributed by atoms with Crippen LogP contribution in [0.5, 0.6) is 0 Å². The van der Waals surface area contributed by atoms with Gasteiger partial charge in [0.1, 0.15) is 5.69 Å². The number of benzene rings is 1. The number of ketones is 1. The number of hydrogen-bond donors (Lipinski definition) is 1. The highest BCUT2D eigenvalue weighted by Crippen LogP contribution is 2.26. The van der Waals surface area contributed by atoms with Crippen LogP contribution >= 0.6 is 11.8 Å². The van der Waals surface area contributed by atoms with Crippen molar-refractivity contribution in [2.24, 2.45) is 0 Å². The zero-order chi connectivity index (χ0) is 20.4. The van der Waals surface area contributed by atoms with Gasteiger partial charge in [-0.15, -0.1) is 10.2 Å². The van der Waals surface area contributed by atoms with Crippen molar-refractivity contribution in [1.29, 1.82) is 0 Å². The summed E-state index contributed by atoms with van der Waals surface area (Å²) < 4.78 is 3.10. The van der Waals surface area contributed by atoms with Gasteiger partial charge in [-0.05, 0) is 39.3 Å². The number of aryl methyl sites for hydroxylation is 2. The molecule has 0 spiro atoms. The van der Waals surface area contributed by atoms with Crippen molar-refractivity contribution in [3.05, 3.63) is 75.0 Å². The summed E-state index contributed by atoms with van der Waals surface area (Å²) in [5.41, 5.74) is 3.59. The first-order chi connectivity index (χ1) is 13.3. The van der Waals surface area contributed by atoms with Crippen LogP contribution in [0.1, 0.15) is 46.0 Å². The summed E-state index contributed by atoms with van der Waals surface area (Å²) in [6, 6.07) is 12.2. The number of hydrogen-bond acceptors (Lipinski definition) is 6. The van der Waals surface area contributed by atoms with Crippen molar-refractivity contribution >= 4 is 17.5 Å². The van der Waals surface area contributed by atoms with Gasteiger partial charge in [-0.3, -0.25) is 9.59 Å². The number of thioether (sulfide) groups is 1. The van der Waals surface area contributed by atoms with E-state index in [0.717, 1.165) is 27.8 Å². The van der Waals surface area contributed by atoms with E-state index in [2.05, 4.69) is 33.8 Å². The van der Waals surface area contributed by atoms with E-state index in [1.54, 1.807) is 6.92 Å². The van der Waals surface area contributed by atoms with E-state index in [-0.39, 0.29) is 28.4 Å². The van der Waals surface area contributed by atoms with E-state index in [4.69, 9.17) is 5.84 Å². The number of nitrogen functional groups attached to an aromatic ring is 1. The predicted molar refractivity (Wildman–Crippen MR) is 110 cm³/mol. The lowest BCUT2D eigenvalue weighted by Crippen LogP contribution is -2.32. The minimum atomic E-state index is -0.417. The largest absolute Gasteiger partial charge is 0.341 e. The molecule has 0 aliphatic rings. The van der Waals surface area contributed by atoms with Crippen LogP contribution in [-0.4, -0.2) is 31.0 Å². The van der Waals surface area contributed by atoms with Gasteiger partial charge in [0.15, 0.2) is 5.78 Å². The molecule has 2 N–H and O–H groups in total. The third-order valence-electron chi connectivity index (χ3n) is 4.81. The Bertz CT molecular complexity index is 1070. The van der Waals surface area contributed by atoms with E-state index >= 15 is 0 Å². The SMILES string of the molecule is Cc1nnc(SCC(=O)c2cc(C)n([C@H](C)c3ccccc3)c2C)n(N)c1=O. The summed E-state index contributed by atoms with van der Waals surface area (Å²) in [6.45, 7) is 7.61. The van der Waals surface area contributed by atoms with Gasteiger partial charge < -0.3 is 10.4 Å². The van der Waals surface area contributed by atoms with Crippen LogP contribution in [0.4, 0.5) is 0 Å². The normalized spacial score (nSPS) is 12.1. The lowest BCUT2D eigenvalue weighted by atomic mass is 10.1. The molecule has 0 radical (unpaired) electrons. The second-order valence-corrected chi connectivity index (χ2v) is 7.64. The van der Waals surface area contributed by atoms with Crippen molar-refractivity contribution in [2.75, 3.05) is 11.6 Å². The average Bonchev–Trinajstić information content (AvgIpc) is 2.99. The third-order valence-corrected chi connectivity index (χ3v) is 5.75. The number of rotatable bonds is 6. The summed E-state index contributed by atoms with van der Waals surface area (Å²) >= 11 is 1.11. The van der Waals surface area contributed by atoms with Crippen molar-refractivity contribution in [1.82, 2.24) is 19.4 Å². The fourth-order valence-corrected chi connectivity index (χ4v) is 4.05. The molecule has 0 unspecified atom stereocenters. The Labute approximate surface area is 167 Å². The quantitative estimate of drug-likeness (QED) is 0.390. The van der Waals surface area contributed by atoms with Gasteiger partial charge in [0, 0.05) is 17.0 Å². The molecule has 0 aliphatic heterocycles. The summed E-state index contributed by atoms with van der Waals surface area (Å²) in [5.74, 6) is 5.82. The minimum absolute atomic E-state index is 0.0422. The Morgan fingerprint density at radius 3 is 2.54 bits per heavy atom. The first-order valence-corrected chi connectivity index (χ1v) is 9.90. The van der Waals surface area contributed by atoms with Gasteiger partial charge >= 0.3 is 0 Å². The Kier molecular flexibility index (Phi) is 5.69. The van der Waals surface area contributed by atoms with Crippen molar-refractivity contribution in [3.8, 4) is 0 Å². The molecular formula is C20H23N5O2S. The van der Waals surface area contributed by atoms with Crippen molar-refractivity contribution in [3.63, 3.8) is 0 Å². The highest BCUT2D eigenvalue weighted by atomic mass is 32.2. The third kappa shape index (κ3) is 3.73. The van der Waals surface area contributed by atoms with Crippen LogP contribution in [0.25, 0.3) is 0 Å². The lowest BCUT2D eigenvalue weighted by molar-refractivity contribution is 0.102. The molecule has 0 saturated carbocycles. The molecule has 0 amide bonds. The smallest absolute Gasteiger partial charge is 0.294 e. The van der Waals surface area contributed by atoms with Crippen molar-refractivity contribution in [2.45, 2.75) is 38.9 Å². The second-order valence-electron chi connectivity index (χ2n) is 6.70. The maximum absolute atomic E-state index is 12.8. The standard InChI is InChI=1S/C20H23N5O2S/c1-12-10-17(15(4)24(12)14(3)16-8-6-5-7-9-16)18(26)11-28-20-23-22-13(2)19(27)25(20)21/h5-10,14H,11,21H2,1-4H3/t14-/m1/s1. The first kappa shape index (κ1) is 19.9. The van der Waals surface area contributed by atoms with E-state index in [1.165, 1.54) is 5.56 Å². The van der Waals surface area contributed by atoms with Gasteiger partial charge in [-0.2, -0.15) is 4.68 Å². The molecule has 3 rings (SSSR count). The van der Waals surface area contributed by atoms with E-state index in [9.17, 15) is 9.59 Å². The molecule has 7 nitrogen and oxygen atoms in total. The topological polar surface area (TPSA) is 95.8 Å². The summed E-state index contributed by atoms with van der Waals surface area (Å²) in [5, 5.41) is 7.91. The van der Waals surface area contributed by atoms with Crippen LogP contribution in [0.3, 0.4) is 0 Å². The average molecular weight is 398 g/mol. The minimum Gasteiger partial charge on any atom is -0.341 e. The number of carbonyl (C=O) groups is 1. The number of Topliss-reactive ketones (excluding diaryl/α,β-unsaturated/α-hetero) is 1. The number of carbonyl (C=O) groups excluding carboxylic acids is 1. The number of nitrogens with two attached hydrogens (primary N) is 1. The fraction of sp³-hybridized carbons (Fsp3) is 0.300. The zero-order valence-corrected chi connectivity index (χ0v) is 17.2. The molecular weight excluding hydrogens is 374 g/mol.